The highest BCUT2D eigenvalue weighted by atomic mass is 32.2. The van der Waals surface area contributed by atoms with Crippen LogP contribution in [0.3, 0.4) is 0 Å². The fourth-order valence-electron chi connectivity index (χ4n) is 2.99. The van der Waals surface area contributed by atoms with E-state index in [-0.39, 0.29) is 29.6 Å². The second-order valence-corrected chi connectivity index (χ2v) is 9.96. The zero-order valence-corrected chi connectivity index (χ0v) is 14.2. The monoisotopic (exact) mass is 345 g/mol. The molecule has 6 nitrogen and oxygen atoms in total. The maximum atomic E-state index is 12.9. The van der Waals surface area contributed by atoms with Gasteiger partial charge in [-0.05, 0) is 37.1 Å². The second kappa shape index (κ2) is 5.30. The summed E-state index contributed by atoms with van der Waals surface area (Å²) in [7, 11) is -6.97. The summed E-state index contributed by atoms with van der Waals surface area (Å²) in [6, 6.07) is 4.36. The van der Waals surface area contributed by atoms with Crippen LogP contribution >= 0.6 is 0 Å². The molecule has 2 atom stereocenters. The lowest BCUT2D eigenvalue weighted by molar-refractivity contribution is -0.0141. The van der Waals surface area contributed by atoms with Gasteiger partial charge in [-0.2, -0.15) is 4.31 Å². The predicted octanol–water partition coefficient (Wildman–Crippen LogP) is 0.490. The van der Waals surface area contributed by atoms with Gasteiger partial charge in [0.2, 0.25) is 10.0 Å². The Balaban J connectivity index is 1.99. The Morgan fingerprint density at radius 3 is 2.59 bits per heavy atom. The number of sulfonamides is 1. The lowest BCUT2D eigenvalue weighted by Crippen LogP contribution is -2.53. The van der Waals surface area contributed by atoms with Crippen LogP contribution in [0.2, 0.25) is 0 Å². The van der Waals surface area contributed by atoms with Gasteiger partial charge >= 0.3 is 0 Å². The van der Waals surface area contributed by atoms with E-state index in [9.17, 15) is 16.8 Å². The van der Waals surface area contributed by atoms with Crippen molar-refractivity contribution < 1.29 is 21.6 Å². The van der Waals surface area contributed by atoms with Crippen molar-refractivity contribution >= 4 is 19.9 Å². The molecular formula is C14H19NO5S2. The number of fused-ring (bicyclic) bond motifs is 1. The van der Waals surface area contributed by atoms with Crippen molar-refractivity contribution in [2.45, 2.75) is 30.9 Å². The van der Waals surface area contributed by atoms with E-state index in [0.717, 1.165) is 11.1 Å². The van der Waals surface area contributed by atoms with Gasteiger partial charge in [-0.3, -0.25) is 0 Å². The van der Waals surface area contributed by atoms with Gasteiger partial charge in [-0.15, -0.1) is 0 Å². The Bertz CT molecular complexity index is 801. The lowest BCUT2D eigenvalue weighted by atomic mass is 10.1. The SMILES string of the molecule is Cc1ccc(S(=O)(=O)N2CCOC3CS(=O)(=O)CC32)cc1C. The molecule has 1 aromatic rings. The van der Waals surface area contributed by atoms with Crippen LogP contribution in [0.1, 0.15) is 11.1 Å². The summed E-state index contributed by atoms with van der Waals surface area (Å²) >= 11 is 0. The average Bonchev–Trinajstić information content (AvgIpc) is 2.74. The molecule has 1 aromatic carbocycles. The fourth-order valence-corrected chi connectivity index (χ4v) is 6.68. The highest BCUT2D eigenvalue weighted by Gasteiger charge is 2.48. The smallest absolute Gasteiger partial charge is 0.243 e. The highest BCUT2D eigenvalue weighted by molar-refractivity contribution is 7.92. The summed E-state index contributed by atoms with van der Waals surface area (Å²) in [4.78, 5) is 0.209. The molecule has 0 spiro atoms. The molecular weight excluding hydrogens is 326 g/mol. The van der Waals surface area contributed by atoms with E-state index >= 15 is 0 Å². The van der Waals surface area contributed by atoms with E-state index in [4.69, 9.17) is 4.74 Å². The van der Waals surface area contributed by atoms with E-state index in [1.54, 1.807) is 18.2 Å². The van der Waals surface area contributed by atoms with Crippen molar-refractivity contribution in [2.24, 2.45) is 0 Å². The maximum Gasteiger partial charge on any atom is 0.243 e. The minimum atomic E-state index is -3.72. The Labute approximate surface area is 131 Å². The molecule has 2 heterocycles. The number of sulfone groups is 1. The Morgan fingerprint density at radius 1 is 1.18 bits per heavy atom. The lowest BCUT2D eigenvalue weighted by Gasteiger charge is -2.35. The number of aryl methyl sites for hydroxylation is 2. The Kier molecular flexibility index (Phi) is 3.83. The zero-order chi connectivity index (χ0) is 16.1. The number of benzene rings is 1. The van der Waals surface area contributed by atoms with Crippen LogP contribution in [0.15, 0.2) is 23.1 Å². The largest absolute Gasteiger partial charge is 0.374 e. The normalized spacial score (nSPS) is 28.5. The second-order valence-electron chi connectivity index (χ2n) is 5.92. The third-order valence-corrected chi connectivity index (χ3v) is 7.98. The number of ether oxygens (including phenoxy) is 1. The van der Waals surface area contributed by atoms with Crippen molar-refractivity contribution in [1.82, 2.24) is 4.31 Å². The van der Waals surface area contributed by atoms with Crippen LogP contribution in [0.25, 0.3) is 0 Å². The first kappa shape index (κ1) is 15.9. The van der Waals surface area contributed by atoms with Crippen LogP contribution in [-0.4, -0.2) is 57.9 Å². The molecule has 0 amide bonds. The standard InChI is InChI=1S/C14H19NO5S2/c1-10-3-4-12(7-11(10)2)22(18,19)15-5-6-20-14-9-21(16,17)8-13(14)15/h3-4,7,13-14H,5-6,8-9H2,1-2H3. The van der Waals surface area contributed by atoms with E-state index in [1.807, 2.05) is 13.8 Å². The van der Waals surface area contributed by atoms with Gasteiger partial charge in [0.1, 0.15) is 0 Å². The predicted molar refractivity (Wildman–Crippen MR) is 82.0 cm³/mol. The number of morpholine rings is 1. The summed E-state index contributed by atoms with van der Waals surface area (Å²) < 4.78 is 56.1. The van der Waals surface area contributed by atoms with Crippen LogP contribution in [-0.2, 0) is 24.6 Å². The molecule has 8 heteroatoms. The van der Waals surface area contributed by atoms with Gasteiger partial charge in [0.05, 0.1) is 35.2 Å². The number of rotatable bonds is 2. The molecule has 0 saturated carbocycles. The molecule has 122 valence electrons. The van der Waals surface area contributed by atoms with Gasteiger partial charge in [0, 0.05) is 6.54 Å². The first-order valence-corrected chi connectivity index (χ1v) is 10.4. The first-order valence-electron chi connectivity index (χ1n) is 7.12. The van der Waals surface area contributed by atoms with Gasteiger partial charge in [0.25, 0.3) is 0 Å². The molecule has 0 aliphatic carbocycles. The van der Waals surface area contributed by atoms with Crippen molar-refractivity contribution in [1.29, 1.82) is 0 Å². The van der Waals surface area contributed by atoms with Crippen molar-refractivity contribution in [3.05, 3.63) is 29.3 Å². The van der Waals surface area contributed by atoms with Gasteiger partial charge in [0.15, 0.2) is 9.84 Å². The summed E-state index contributed by atoms with van der Waals surface area (Å²) in [5, 5.41) is 0. The van der Waals surface area contributed by atoms with Crippen LogP contribution in [0.4, 0.5) is 0 Å². The molecule has 0 N–H and O–H groups in total. The van der Waals surface area contributed by atoms with Gasteiger partial charge in [-0.1, -0.05) is 6.07 Å². The van der Waals surface area contributed by atoms with Crippen molar-refractivity contribution in [3.8, 4) is 0 Å². The minimum Gasteiger partial charge on any atom is -0.374 e. The summed E-state index contributed by atoms with van der Waals surface area (Å²) in [5.74, 6) is -0.266. The average molecular weight is 345 g/mol. The molecule has 0 bridgehead atoms. The Morgan fingerprint density at radius 2 is 1.91 bits per heavy atom. The van der Waals surface area contributed by atoms with E-state index in [1.165, 1.54) is 4.31 Å². The summed E-state index contributed by atoms with van der Waals surface area (Å²) in [5.41, 5.74) is 1.91. The molecule has 0 aromatic heterocycles. The van der Waals surface area contributed by atoms with Crippen LogP contribution in [0.5, 0.6) is 0 Å². The van der Waals surface area contributed by atoms with Crippen molar-refractivity contribution in [3.63, 3.8) is 0 Å². The third-order valence-electron chi connectivity index (χ3n) is 4.37. The fraction of sp³-hybridized carbons (Fsp3) is 0.571. The zero-order valence-electron chi connectivity index (χ0n) is 12.5. The van der Waals surface area contributed by atoms with Gasteiger partial charge in [-0.25, -0.2) is 16.8 Å². The van der Waals surface area contributed by atoms with Crippen molar-refractivity contribution in [2.75, 3.05) is 24.7 Å². The molecule has 0 radical (unpaired) electrons. The molecule has 2 aliphatic rings. The summed E-state index contributed by atoms with van der Waals surface area (Å²) in [6.45, 7) is 4.18. The molecule has 2 saturated heterocycles. The molecule has 2 unspecified atom stereocenters. The minimum absolute atomic E-state index is 0.101. The molecule has 2 aliphatic heterocycles. The number of hydrogen-bond acceptors (Lipinski definition) is 5. The molecule has 22 heavy (non-hydrogen) atoms. The van der Waals surface area contributed by atoms with Gasteiger partial charge < -0.3 is 4.74 Å². The topological polar surface area (TPSA) is 80.8 Å². The van der Waals surface area contributed by atoms with E-state index in [0.29, 0.717) is 0 Å². The number of hydrogen-bond donors (Lipinski definition) is 0. The van der Waals surface area contributed by atoms with E-state index in [2.05, 4.69) is 0 Å². The van der Waals surface area contributed by atoms with Crippen LogP contribution < -0.4 is 0 Å². The first-order chi connectivity index (χ1) is 10.2. The third kappa shape index (κ3) is 2.68. The highest BCUT2D eigenvalue weighted by Crippen LogP contribution is 2.30. The Hall–Kier alpha value is -0.960. The quantitative estimate of drug-likeness (QED) is 0.779. The van der Waals surface area contributed by atoms with E-state index < -0.39 is 32.0 Å². The summed E-state index contributed by atoms with van der Waals surface area (Å²) in [6.07, 6.45) is -0.555. The maximum absolute atomic E-state index is 12.9. The molecule has 2 fully saturated rings. The van der Waals surface area contributed by atoms with Crippen LogP contribution in [0, 0.1) is 13.8 Å². The number of nitrogens with zero attached hydrogens (tertiary/aromatic N) is 1. The molecule has 3 rings (SSSR count).